The van der Waals surface area contributed by atoms with Crippen molar-refractivity contribution in [1.82, 2.24) is 4.90 Å². The van der Waals surface area contributed by atoms with E-state index < -0.39 is 29.5 Å². The Kier molecular flexibility index (Phi) is 6.66. The van der Waals surface area contributed by atoms with Crippen LogP contribution in [0.4, 0.5) is 23.8 Å². The fraction of sp³-hybridized carbons (Fsp3) is 0.529. The molecule has 0 aliphatic carbocycles. The topological polar surface area (TPSA) is 97.0 Å². The highest BCUT2D eigenvalue weighted by atomic mass is 19.4. The average molecular weight is 401 g/mol. The Morgan fingerprint density at radius 3 is 2.29 bits per heavy atom. The van der Waals surface area contributed by atoms with Crippen LogP contribution in [0.2, 0.25) is 0 Å². The second-order valence-corrected chi connectivity index (χ2v) is 5.82. The molecule has 1 aromatic rings. The van der Waals surface area contributed by atoms with E-state index in [1.54, 1.807) is 6.92 Å². The number of alkyl halides is 3. The van der Waals surface area contributed by atoms with Crippen LogP contribution in [0.25, 0.3) is 0 Å². The number of nitriles is 1. The van der Waals surface area contributed by atoms with Crippen molar-refractivity contribution in [1.29, 1.82) is 5.26 Å². The summed E-state index contributed by atoms with van der Waals surface area (Å²) < 4.78 is 50.0. The minimum Gasteiger partial charge on any atom is -0.462 e. The molecule has 2 rings (SSSR count). The number of H-pyrrole nitrogens is 1. The van der Waals surface area contributed by atoms with E-state index in [-0.39, 0.29) is 50.8 Å². The molecule has 1 N–H and O–H groups in total. The summed E-state index contributed by atoms with van der Waals surface area (Å²) in [6.45, 7) is 4.09. The van der Waals surface area contributed by atoms with Crippen LogP contribution in [0.3, 0.4) is 0 Å². The van der Waals surface area contributed by atoms with Crippen molar-refractivity contribution in [3.8, 4) is 6.07 Å². The van der Waals surface area contributed by atoms with E-state index in [0.717, 1.165) is 6.07 Å². The Hall–Kier alpha value is -3.03. The molecule has 1 aliphatic rings. The van der Waals surface area contributed by atoms with Crippen LogP contribution in [0.1, 0.15) is 35.5 Å². The van der Waals surface area contributed by atoms with Gasteiger partial charge >= 0.3 is 18.2 Å². The molecule has 152 valence electrons. The standard InChI is InChI=1S/C17H19F3N4O4/c1-3-27-15(25)12-9-11(10-21)14(22-13(12)17(18,19)20)23-5-7-24(8-6-23)16(26)28-4-2/h9H,3-8H2,1-2H3/p+1. The van der Waals surface area contributed by atoms with Gasteiger partial charge in [-0.05, 0) is 19.9 Å². The van der Waals surface area contributed by atoms with Gasteiger partial charge in [-0.1, -0.05) is 0 Å². The quantitative estimate of drug-likeness (QED) is 0.715. The third-order valence-electron chi connectivity index (χ3n) is 4.08. The third kappa shape index (κ3) is 4.62. The SMILES string of the molecule is CCOC(=O)c1cc(C#N)c(N2CCN(C(=O)OCC)CC2)[nH+]c1C(F)(F)F. The second kappa shape index (κ2) is 8.77. The highest BCUT2D eigenvalue weighted by Gasteiger charge is 2.43. The molecule has 28 heavy (non-hydrogen) atoms. The molecular formula is C17H20F3N4O4+. The van der Waals surface area contributed by atoms with E-state index in [1.165, 1.54) is 16.7 Å². The number of nitrogens with zero attached hydrogens (tertiary/aromatic N) is 3. The molecule has 1 aliphatic heterocycles. The highest BCUT2D eigenvalue weighted by molar-refractivity contribution is 5.91. The van der Waals surface area contributed by atoms with E-state index >= 15 is 0 Å². The summed E-state index contributed by atoms with van der Waals surface area (Å²) in [7, 11) is 0. The summed E-state index contributed by atoms with van der Waals surface area (Å²) in [5.74, 6) is -1.23. The molecule has 1 amide bonds. The fourth-order valence-corrected chi connectivity index (χ4v) is 2.79. The Morgan fingerprint density at radius 2 is 1.79 bits per heavy atom. The number of rotatable bonds is 4. The van der Waals surface area contributed by atoms with E-state index in [9.17, 15) is 28.0 Å². The Bertz CT molecular complexity index is 784. The Labute approximate surface area is 159 Å². The summed E-state index contributed by atoms with van der Waals surface area (Å²) in [6.07, 6.45) is -5.35. The molecule has 1 fully saturated rings. The van der Waals surface area contributed by atoms with Crippen molar-refractivity contribution in [2.24, 2.45) is 0 Å². The van der Waals surface area contributed by atoms with Crippen molar-refractivity contribution in [2.75, 3.05) is 44.3 Å². The van der Waals surface area contributed by atoms with Crippen LogP contribution in [0, 0.1) is 11.3 Å². The molecular weight excluding hydrogens is 381 g/mol. The van der Waals surface area contributed by atoms with Crippen LogP contribution in [-0.2, 0) is 15.7 Å². The number of ether oxygens (including phenoxy) is 2. The van der Waals surface area contributed by atoms with Crippen molar-refractivity contribution in [3.05, 3.63) is 22.9 Å². The van der Waals surface area contributed by atoms with Gasteiger partial charge in [-0.2, -0.15) is 18.4 Å². The van der Waals surface area contributed by atoms with Crippen LogP contribution >= 0.6 is 0 Å². The number of halogens is 3. The van der Waals surface area contributed by atoms with E-state index in [1.807, 2.05) is 6.07 Å². The molecule has 0 unspecified atom stereocenters. The van der Waals surface area contributed by atoms with Crippen LogP contribution in [0.5, 0.6) is 0 Å². The van der Waals surface area contributed by atoms with Gasteiger partial charge in [0.1, 0.15) is 30.3 Å². The van der Waals surface area contributed by atoms with Crippen molar-refractivity contribution in [3.63, 3.8) is 0 Å². The van der Waals surface area contributed by atoms with Crippen LogP contribution in [0.15, 0.2) is 6.07 Å². The van der Waals surface area contributed by atoms with Gasteiger partial charge in [0.05, 0.1) is 26.3 Å². The van der Waals surface area contributed by atoms with Gasteiger partial charge in [-0.25, -0.2) is 14.6 Å². The number of esters is 1. The van der Waals surface area contributed by atoms with E-state index in [0.29, 0.717) is 0 Å². The third-order valence-corrected chi connectivity index (χ3v) is 4.08. The normalized spacial score (nSPS) is 14.4. The summed E-state index contributed by atoms with van der Waals surface area (Å²) in [5, 5.41) is 9.37. The number of piperazine rings is 1. The number of nitrogens with one attached hydrogen (secondary N) is 1. The maximum Gasteiger partial charge on any atom is 0.454 e. The zero-order valence-electron chi connectivity index (χ0n) is 15.4. The number of aromatic amines is 1. The van der Waals surface area contributed by atoms with Gasteiger partial charge < -0.3 is 14.4 Å². The van der Waals surface area contributed by atoms with E-state index in [4.69, 9.17) is 4.74 Å². The number of hydrogen-bond donors (Lipinski definition) is 0. The van der Waals surface area contributed by atoms with Crippen molar-refractivity contribution in [2.45, 2.75) is 20.0 Å². The average Bonchev–Trinajstić information content (AvgIpc) is 2.66. The first-order valence-electron chi connectivity index (χ1n) is 8.64. The zero-order valence-corrected chi connectivity index (χ0v) is 15.4. The maximum atomic E-state index is 13.5. The lowest BCUT2D eigenvalue weighted by Gasteiger charge is -2.30. The molecule has 0 spiro atoms. The first kappa shape index (κ1) is 21.3. The van der Waals surface area contributed by atoms with Gasteiger partial charge in [-0.15, -0.1) is 0 Å². The largest absolute Gasteiger partial charge is 0.462 e. The summed E-state index contributed by atoms with van der Waals surface area (Å²) in [4.78, 5) is 28.8. The van der Waals surface area contributed by atoms with Crippen LogP contribution in [-0.4, -0.2) is 56.4 Å². The maximum absolute atomic E-state index is 13.5. The molecule has 11 heteroatoms. The lowest BCUT2D eigenvalue weighted by molar-refractivity contribution is -0.414. The summed E-state index contributed by atoms with van der Waals surface area (Å²) in [6, 6.07) is 2.69. The number of hydrogen-bond acceptors (Lipinski definition) is 6. The first-order valence-corrected chi connectivity index (χ1v) is 8.64. The second-order valence-electron chi connectivity index (χ2n) is 5.82. The molecule has 0 bridgehead atoms. The molecule has 0 atom stereocenters. The monoisotopic (exact) mass is 401 g/mol. The number of anilines is 1. The highest BCUT2D eigenvalue weighted by Crippen LogP contribution is 2.31. The minimum absolute atomic E-state index is 0.0635. The van der Waals surface area contributed by atoms with Gasteiger partial charge in [0, 0.05) is 0 Å². The van der Waals surface area contributed by atoms with E-state index in [2.05, 4.69) is 9.72 Å². The molecule has 1 saturated heterocycles. The number of pyridine rings is 1. The lowest BCUT2D eigenvalue weighted by Crippen LogP contribution is -2.51. The van der Waals surface area contributed by atoms with Crippen LogP contribution < -0.4 is 9.88 Å². The summed E-state index contributed by atoms with van der Waals surface area (Å²) >= 11 is 0. The van der Waals surface area contributed by atoms with Gasteiger partial charge in [0.25, 0.3) is 5.82 Å². The van der Waals surface area contributed by atoms with Gasteiger partial charge in [0.15, 0.2) is 0 Å². The number of aromatic nitrogens is 1. The zero-order chi connectivity index (χ0) is 20.9. The van der Waals surface area contributed by atoms with Crippen molar-refractivity contribution >= 4 is 17.9 Å². The molecule has 0 aromatic carbocycles. The van der Waals surface area contributed by atoms with Crippen molar-refractivity contribution < 1.29 is 37.2 Å². The smallest absolute Gasteiger partial charge is 0.454 e. The predicted molar refractivity (Wildman–Crippen MR) is 89.5 cm³/mol. The fourth-order valence-electron chi connectivity index (χ4n) is 2.79. The molecule has 8 nitrogen and oxygen atoms in total. The summed E-state index contributed by atoms with van der Waals surface area (Å²) in [5.41, 5.74) is -2.16. The Morgan fingerprint density at radius 1 is 1.18 bits per heavy atom. The molecule has 1 aromatic heterocycles. The lowest BCUT2D eigenvalue weighted by atomic mass is 10.1. The molecule has 0 saturated carbocycles. The number of carbonyl (C=O) groups excluding carboxylic acids is 2. The molecule has 0 radical (unpaired) electrons. The predicted octanol–water partition coefficient (Wildman–Crippen LogP) is 1.85. The van der Waals surface area contributed by atoms with Gasteiger partial charge in [-0.3, -0.25) is 4.90 Å². The minimum atomic E-state index is -4.85. The molecule has 2 heterocycles. The van der Waals surface area contributed by atoms with Gasteiger partial charge in [0.2, 0.25) is 5.69 Å². The number of carbonyl (C=O) groups is 2. The number of amides is 1. The first-order chi connectivity index (χ1) is 13.2. The Balaban J connectivity index is 2.36.